The molecule has 1 aliphatic rings. The van der Waals surface area contributed by atoms with Gasteiger partial charge in [-0.1, -0.05) is 18.3 Å². The van der Waals surface area contributed by atoms with Gasteiger partial charge in [-0.3, -0.25) is 4.79 Å². The molecule has 0 saturated carbocycles. The van der Waals surface area contributed by atoms with E-state index < -0.39 is 5.97 Å². The van der Waals surface area contributed by atoms with Crippen LogP contribution in [0.25, 0.3) is 0 Å². The van der Waals surface area contributed by atoms with E-state index in [1.165, 1.54) is 11.8 Å². The second kappa shape index (κ2) is 4.91. The average Bonchev–Trinajstić information content (AvgIpc) is 2.52. The van der Waals surface area contributed by atoms with Gasteiger partial charge < -0.3 is 9.64 Å². The molecular weight excluding hydrogens is 190 g/mol. The molecule has 0 aromatic rings. The van der Waals surface area contributed by atoms with E-state index in [2.05, 4.69) is 6.58 Å². The second-order valence-electron chi connectivity index (χ2n) is 2.47. The fourth-order valence-corrected chi connectivity index (χ4v) is 1.80. The number of hydrogen-bond acceptors (Lipinski definition) is 4. The molecule has 72 valence electrons. The summed E-state index contributed by atoms with van der Waals surface area (Å²) >= 11 is 1.30. The minimum atomic E-state index is -0.445. The summed E-state index contributed by atoms with van der Waals surface area (Å²) in [5, 5.41) is 0.0645. The van der Waals surface area contributed by atoms with Crippen molar-refractivity contribution in [3.63, 3.8) is 0 Å². The summed E-state index contributed by atoms with van der Waals surface area (Å²) < 4.78 is 4.74. The summed E-state index contributed by atoms with van der Waals surface area (Å²) in [5.41, 5.74) is 0. The molecule has 0 aromatic heterocycles. The molecule has 0 spiro atoms. The summed E-state index contributed by atoms with van der Waals surface area (Å²) in [6, 6.07) is 0. The predicted octanol–water partition coefficient (Wildman–Crippen LogP) is 0.884. The SMILES string of the molecule is C=CC(=O)OCCN1CCSC1=O. The van der Waals surface area contributed by atoms with E-state index in [0.717, 1.165) is 18.4 Å². The number of carbonyl (C=O) groups is 2. The molecule has 1 fully saturated rings. The number of rotatable bonds is 4. The molecule has 4 nitrogen and oxygen atoms in total. The highest BCUT2D eigenvalue weighted by Gasteiger charge is 2.20. The number of thioether (sulfide) groups is 1. The third-order valence-corrected chi connectivity index (χ3v) is 2.51. The van der Waals surface area contributed by atoms with Gasteiger partial charge in [0.1, 0.15) is 6.61 Å². The molecule has 0 unspecified atom stereocenters. The Morgan fingerprint density at radius 1 is 1.77 bits per heavy atom. The number of nitrogens with zero attached hydrogens (tertiary/aromatic N) is 1. The Bertz CT molecular complexity index is 229. The van der Waals surface area contributed by atoms with Gasteiger partial charge in [-0.05, 0) is 0 Å². The van der Waals surface area contributed by atoms with E-state index in [1.54, 1.807) is 4.90 Å². The summed E-state index contributed by atoms with van der Waals surface area (Å²) in [6.07, 6.45) is 1.11. The first kappa shape index (κ1) is 10.1. The molecular formula is C8H11NO3S. The van der Waals surface area contributed by atoms with Gasteiger partial charge in [-0.2, -0.15) is 0 Å². The fourth-order valence-electron chi connectivity index (χ4n) is 0.944. The van der Waals surface area contributed by atoms with Gasteiger partial charge in [-0.25, -0.2) is 4.79 Å². The van der Waals surface area contributed by atoms with Crippen molar-refractivity contribution in [1.82, 2.24) is 4.90 Å². The quantitative estimate of drug-likeness (QED) is 0.500. The standard InChI is InChI=1S/C8H11NO3S/c1-2-7(10)12-5-3-9-4-6-13-8(9)11/h2H,1,3-6H2. The first-order valence-electron chi connectivity index (χ1n) is 3.95. The Labute approximate surface area is 80.9 Å². The third kappa shape index (κ3) is 3.10. The van der Waals surface area contributed by atoms with Crippen LogP contribution in [-0.2, 0) is 9.53 Å². The number of amides is 1. The van der Waals surface area contributed by atoms with Crippen molar-refractivity contribution in [1.29, 1.82) is 0 Å². The van der Waals surface area contributed by atoms with Crippen molar-refractivity contribution in [2.75, 3.05) is 25.4 Å². The molecule has 0 bridgehead atoms. The molecule has 1 rings (SSSR count). The van der Waals surface area contributed by atoms with Gasteiger partial charge in [0, 0.05) is 18.4 Å². The van der Waals surface area contributed by atoms with Crippen molar-refractivity contribution in [2.24, 2.45) is 0 Å². The molecule has 1 aliphatic heterocycles. The van der Waals surface area contributed by atoms with Crippen LogP contribution < -0.4 is 0 Å². The highest BCUT2D eigenvalue weighted by atomic mass is 32.2. The predicted molar refractivity (Wildman–Crippen MR) is 50.6 cm³/mol. The molecule has 0 atom stereocenters. The fraction of sp³-hybridized carbons (Fsp3) is 0.500. The Morgan fingerprint density at radius 2 is 2.54 bits per heavy atom. The average molecular weight is 201 g/mol. The van der Waals surface area contributed by atoms with Gasteiger partial charge >= 0.3 is 5.97 Å². The van der Waals surface area contributed by atoms with Gasteiger partial charge in [-0.15, -0.1) is 0 Å². The minimum absolute atomic E-state index is 0.0645. The molecule has 1 heterocycles. The maximum absolute atomic E-state index is 11.0. The highest BCUT2D eigenvalue weighted by Crippen LogP contribution is 2.16. The smallest absolute Gasteiger partial charge is 0.330 e. The minimum Gasteiger partial charge on any atom is -0.461 e. The van der Waals surface area contributed by atoms with Crippen LogP contribution in [0.5, 0.6) is 0 Å². The summed E-state index contributed by atoms with van der Waals surface area (Å²) in [5.74, 6) is 0.383. The zero-order chi connectivity index (χ0) is 9.68. The van der Waals surface area contributed by atoms with Crippen LogP contribution in [0.15, 0.2) is 12.7 Å². The lowest BCUT2D eigenvalue weighted by Crippen LogP contribution is -2.27. The lowest BCUT2D eigenvalue weighted by atomic mass is 10.5. The topological polar surface area (TPSA) is 46.6 Å². The Kier molecular flexibility index (Phi) is 3.82. The second-order valence-corrected chi connectivity index (χ2v) is 3.52. The van der Waals surface area contributed by atoms with Crippen molar-refractivity contribution in [3.05, 3.63) is 12.7 Å². The van der Waals surface area contributed by atoms with E-state index in [0.29, 0.717) is 6.54 Å². The zero-order valence-corrected chi connectivity index (χ0v) is 8.01. The van der Waals surface area contributed by atoms with Gasteiger partial charge in [0.15, 0.2) is 0 Å². The Balaban J connectivity index is 2.15. The number of carbonyl (C=O) groups excluding carboxylic acids is 2. The summed E-state index contributed by atoms with van der Waals surface area (Å²) in [6.45, 7) is 4.74. The van der Waals surface area contributed by atoms with Crippen molar-refractivity contribution in [2.45, 2.75) is 0 Å². The van der Waals surface area contributed by atoms with Gasteiger partial charge in [0.05, 0.1) is 6.54 Å². The molecule has 1 saturated heterocycles. The van der Waals surface area contributed by atoms with E-state index in [4.69, 9.17) is 4.74 Å². The number of ether oxygens (including phenoxy) is 1. The number of hydrogen-bond donors (Lipinski definition) is 0. The first-order valence-corrected chi connectivity index (χ1v) is 4.93. The van der Waals surface area contributed by atoms with E-state index in [9.17, 15) is 9.59 Å². The summed E-state index contributed by atoms with van der Waals surface area (Å²) in [7, 11) is 0. The Morgan fingerprint density at radius 3 is 3.08 bits per heavy atom. The monoisotopic (exact) mass is 201 g/mol. The van der Waals surface area contributed by atoms with Gasteiger partial charge in [0.2, 0.25) is 0 Å². The highest BCUT2D eigenvalue weighted by molar-refractivity contribution is 8.13. The van der Waals surface area contributed by atoms with Crippen LogP contribution in [0.4, 0.5) is 4.79 Å². The first-order chi connectivity index (χ1) is 6.24. The van der Waals surface area contributed by atoms with Crippen molar-refractivity contribution < 1.29 is 14.3 Å². The van der Waals surface area contributed by atoms with Crippen LogP contribution in [0.1, 0.15) is 0 Å². The van der Waals surface area contributed by atoms with Crippen LogP contribution in [0.3, 0.4) is 0 Å². The third-order valence-electron chi connectivity index (χ3n) is 1.62. The van der Waals surface area contributed by atoms with Crippen LogP contribution >= 0.6 is 11.8 Å². The van der Waals surface area contributed by atoms with E-state index >= 15 is 0 Å². The molecule has 0 aliphatic carbocycles. The van der Waals surface area contributed by atoms with Crippen LogP contribution in [0.2, 0.25) is 0 Å². The van der Waals surface area contributed by atoms with Crippen molar-refractivity contribution in [3.8, 4) is 0 Å². The molecule has 1 amide bonds. The molecule has 0 N–H and O–H groups in total. The van der Waals surface area contributed by atoms with Crippen LogP contribution in [-0.4, -0.2) is 41.6 Å². The largest absolute Gasteiger partial charge is 0.461 e. The summed E-state index contributed by atoms with van der Waals surface area (Å²) in [4.78, 5) is 23.3. The molecule has 5 heteroatoms. The Hall–Kier alpha value is -0.970. The lowest BCUT2D eigenvalue weighted by molar-refractivity contribution is -0.137. The number of esters is 1. The van der Waals surface area contributed by atoms with Gasteiger partial charge in [0.25, 0.3) is 5.24 Å². The maximum atomic E-state index is 11.0. The zero-order valence-electron chi connectivity index (χ0n) is 7.19. The lowest BCUT2D eigenvalue weighted by Gasteiger charge is -2.13. The maximum Gasteiger partial charge on any atom is 0.330 e. The van der Waals surface area contributed by atoms with Crippen LogP contribution in [0, 0.1) is 0 Å². The van der Waals surface area contributed by atoms with Crippen molar-refractivity contribution >= 4 is 23.0 Å². The molecule has 0 radical (unpaired) electrons. The molecule has 13 heavy (non-hydrogen) atoms. The van der Waals surface area contributed by atoms with E-state index in [-0.39, 0.29) is 11.8 Å². The normalized spacial score (nSPS) is 16.0. The molecule has 0 aromatic carbocycles. The van der Waals surface area contributed by atoms with E-state index in [1.807, 2.05) is 0 Å².